The van der Waals surface area contributed by atoms with Gasteiger partial charge in [0, 0.05) is 43.5 Å². The third kappa shape index (κ3) is 3.27. The summed E-state index contributed by atoms with van der Waals surface area (Å²) in [4.78, 5) is 26.1. The summed E-state index contributed by atoms with van der Waals surface area (Å²) >= 11 is 0. The molecule has 28 heavy (non-hydrogen) atoms. The molecule has 1 aliphatic rings. The van der Waals surface area contributed by atoms with E-state index in [1.165, 1.54) is 0 Å². The Morgan fingerprint density at radius 2 is 1.89 bits per heavy atom. The van der Waals surface area contributed by atoms with Gasteiger partial charge in [0.05, 0.1) is 16.6 Å². The number of nitrogens with zero attached hydrogens (tertiary/aromatic N) is 5. The van der Waals surface area contributed by atoms with E-state index >= 15 is 0 Å². The Balaban J connectivity index is 1.57. The van der Waals surface area contributed by atoms with Crippen LogP contribution >= 0.6 is 0 Å². The maximum atomic E-state index is 13.3. The quantitative estimate of drug-likeness (QED) is 0.692. The predicted octanol–water partition coefficient (Wildman–Crippen LogP) is 3.08. The number of piperazine rings is 1. The molecule has 1 aromatic carbocycles. The van der Waals surface area contributed by atoms with Crippen molar-refractivity contribution in [3.05, 3.63) is 65.0 Å². The van der Waals surface area contributed by atoms with E-state index in [9.17, 15) is 10.1 Å². The number of hydrogen-bond acceptors (Lipinski definition) is 5. The molecular weight excluding hydrogens is 350 g/mol. The van der Waals surface area contributed by atoms with Crippen LogP contribution in [0.5, 0.6) is 0 Å². The minimum atomic E-state index is 0.0299. The summed E-state index contributed by atoms with van der Waals surface area (Å²) < 4.78 is 0. The lowest BCUT2D eigenvalue weighted by molar-refractivity contribution is 0.0748. The van der Waals surface area contributed by atoms with Gasteiger partial charge in [-0.05, 0) is 44.2 Å². The first kappa shape index (κ1) is 17.9. The molecular formula is C22H21N5O. The van der Waals surface area contributed by atoms with Crippen molar-refractivity contribution < 1.29 is 4.79 Å². The SMILES string of the molecule is Cc1ccc2nc(C)cc(C(=O)N3CCN(c4ncccc4C#N)CC3)c2c1. The second-order valence-electron chi connectivity index (χ2n) is 7.10. The van der Waals surface area contributed by atoms with Crippen LogP contribution in [0.1, 0.15) is 27.2 Å². The Kier molecular flexibility index (Phi) is 4.66. The van der Waals surface area contributed by atoms with Crippen molar-refractivity contribution in [2.75, 3.05) is 31.1 Å². The van der Waals surface area contributed by atoms with Crippen molar-refractivity contribution >= 4 is 22.6 Å². The van der Waals surface area contributed by atoms with E-state index in [0.29, 0.717) is 43.1 Å². The predicted molar refractivity (Wildman–Crippen MR) is 108 cm³/mol. The molecule has 0 atom stereocenters. The maximum absolute atomic E-state index is 13.3. The summed E-state index contributed by atoms with van der Waals surface area (Å²) in [5.41, 5.74) is 4.06. The fraction of sp³-hybridized carbons (Fsp3) is 0.273. The van der Waals surface area contributed by atoms with Crippen molar-refractivity contribution in [2.45, 2.75) is 13.8 Å². The van der Waals surface area contributed by atoms with E-state index in [1.54, 1.807) is 18.3 Å². The van der Waals surface area contributed by atoms with Crippen LogP contribution in [0.25, 0.3) is 10.9 Å². The van der Waals surface area contributed by atoms with Crippen LogP contribution in [0.2, 0.25) is 0 Å². The zero-order chi connectivity index (χ0) is 19.7. The number of benzene rings is 1. The van der Waals surface area contributed by atoms with Gasteiger partial charge in [-0.15, -0.1) is 0 Å². The lowest BCUT2D eigenvalue weighted by Gasteiger charge is -2.35. The first-order chi connectivity index (χ1) is 13.6. The number of aryl methyl sites for hydroxylation is 2. The van der Waals surface area contributed by atoms with Crippen LogP contribution in [0.15, 0.2) is 42.6 Å². The van der Waals surface area contributed by atoms with Crippen molar-refractivity contribution in [1.82, 2.24) is 14.9 Å². The number of aromatic nitrogens is 2. The molecule has 1 saturated heterocycles. The van der Waals surface area contributed by atoms with Gasteiger partial charge in [-0.1, -0.05) is 11.6 Å². The molecule has 4 rings (SSSR count). The molecule has 6 nitrogen and oxygen atoms in total. The average Bonchev–Trinajstić information content (AvgIpc) is 2.73. The van der Waals surface area contributed by atoms with Crippen LogP contribution in [-0.2, 0) is 0 Å². The lowest BCUT2D eigenvalue weighted by Crippen LogP contribution is -2.49. The van der Waals surface area contributed by atoms with Crippen LogP contribution in [-0.4, -0.2) is 47.0 Å². The number of nitriles is 1. The van der Waals surface area contributed by atoms with Crippen LogP contribution in [0.3, 0.4) is 0 Å². The zero-order valence-electron chi connectivity index (χ0n) is 16.0. The molecule has 3 heterocycles. The van der Waals surface area contributed by atoms with Crippen LogP contribution < -0.4 is 4.90 Å². The number of fused-ring (bicyclic) bond motifs is 1. The summed E-state index contributed by atoms with van der Waals surface area (Å²) in [6.45, 7) is 6.42. The first-order valence-electron chi connectivity index (χ1n) is 9.34. The molecule has 0 unspecified atom stereocenters. The Bertz CT molecular complexity index is 1090. The zero-order valence-corrected chi connectivity index (χ0v) is 16.0. The van der Waals surface area contributed by atoms with Crippen molar-refractivity contribution in [2.24, 2.45) is 0 Å². The summed E-state index contributed by atoms with van der Waals surface area (Å²) in [5.74, 6) is 0.722. The number of pyridine rings is 2. The van der Waals surface area contributed by atoms with E-state index in [4.69, 9.17) is 0 Å². The van der Waals surface area contributed by atoms with Gasteiger partial charge in [0.25, 0.3) is 5.91 Å². The summed E-state index contributed by atoms with van der Waals surface area (Å²) in [7, 11) is 0. The molecule has 3 aromatic rings. The molecule has 0 aliphatic carbocycles. The van der Waals surface area contributed by atoms with Gasteiger partial charge in [-0.2, -0.15) is 5.26 Å². The Hall–Kier alpha value is -3.46. The standard InChI is InChI=1S/C22H21N5O/c1-15-5-6-20-18(12-15)19(13-16(2)25-20)22(28)27-10-8-26(9-11-27)21-17(14-23)4-3-7-24-21/h3-7,12-13H,8-11H2,1-2H3. The van der Waals surface area contributed by atoms with E-state index in [2.05, 4.69) is 20.9 Å². The summed E-state index contributed by atoms with van der Waals surface area (Å²) in [6.07, 6.45) is 1.70. The third-order valence-corrected chi connectivity index (χ3v) is 5.10. The highest BCUT2D eigenvalue weighted by atomic mass is 16.2. The van der Waals surface area contributed by atoms with Gasteiger partial charge in [0.2, 0.25) is 0 Å². The Morgan fingerprint density at radius 3 is 2.64 bits per heavy atom. The molecule has 140 valence electrons. The Morgan fingerprint density at radius 1 is 1.11 bits per heavy atom. The molecule has 0 radical (unpaired) electrons. The monoisotopic (exact) mass is 371 g/mol. The highest BCUT2D eigenvalue weighted by Crippen LogP contribution is 2.23. The fourth-order valence-corrected chi connectivity index (χ4v) is 3.68. The number of carbonyl (C=O) groups excluding carboxylic acids is 1. The van der Waals surface area contributed by atoms with E-state index in [-0.39, 0.29) is 5.91 Å². The van der Waals surface area contributed by atoms with Gasteiger partial charge in [-0.3, -0.25) is 9.78 Å². The molecule has 0 N–H and O–H groups in total. The smallest absolute Gasteiger partial charge is 0.254 e. The molecule has 2 aromatic heterocycles. The second-order valence-corrected chi connectivity index (χ2v) is 7.10. The van der Waals surface area contributed by atoms with E-state index < -0.39 is 0 Å². The van der Waals surface area contributed by atoms with Crippen LogP contribution in [0.4, 0.5) is 5.82 Å². The highest BCUT2D eigenvalue weighted by molar-refractivity contribution is 6.06. The molecule has 0 spiro atoms. The average molecular weight is 371 g/mol. The van der Waals surface area contributed by atoms with Gasteiger partial charge < -0.3 is 9.80 Å². The lowest BCUT2D eigenvalue weighted by atomic mass is 10.0. The van der Waals surface area contributed by atoms with Crippen LogP contribution in [0, 0.1) is 25.2 Å². The number of hydrogen-bond donors (Lipinski definition) is 0. The van der Waals surface area contributed by atoms with Crippen molar-refractivity contribution in [3.63, 3.8) is 0 Å². The van der Waals surface area contributed by atoms with Gasteiger partial charge in [-0.25, -0.2) is 4.98 Å². The number of rotatable bonds is 2. The normalized spacial score (nSPS) is 14.2. The maximum Gasteiger partial charge on any atom is 0.254 e. The molecule has 1 aliphatic heterocycles. The van der Waals surface area contributed by atoms with Gasteiger partial charge in [0.15, 0.2) is 0 Å². The van der Waals surface area contributed by atoms with Crippen molar-refractivity contribution in [1.29, 1.82) is 5.26 Å². The third-order valence-electron chi connectivity index (χ3n) is 5.10. The Labute approximate surface area is 164 Å². The summed E-state index contributed by atoms with van der Waals surface area (Å²) in [6, 6.07) is 13.6. The minimum Gasteiger partial charge on any atom is -0.352 e. The molecule has 1 amide bonds. The minimum absolute atomic E-state index is 0.0299. The first-order valence-corrected chi connectivity index (χ1v) is 9.34. The molecule has 6 heteroatoms. The topological polar surface area (TPSA) is 73.1 Å². The molecule has 1 fully saturated rings. The van der Waals surface area contributed by atoms with E-state index in [1.807, 2.05) is 43.0 Å². The number of carbonyl (C=O) groups is 1. The molecule has 0 bridgehead atoms. The van der Waals surface area contributed by atoms with Gasteiger partial charge >= 0.3 is 0 Å². The van der Waals surface area contributed by atoms with E-state index in [0.717, 1.165) is 22.2 Å². The largest absolute Gasteiger partial charge is 0.352 e. The molecule has 0 saturated carbocycles. The van der Waals surface area contributed by atoms with Gasteiger partial charge in [0.1, 0.15) is 11.9 Å². The number of amides is 1. The summed E-state index contributed by atoms with van der Waals surface area (Å²) in [5, 5.41) is 10.2. The number of anilines is 1. The van der Waals surface area contributed by atoms with Crippen molar-refractivity contribution in [3.8, 4) is 6.07 Å². The fourth-order valence-electron chi connectivity index (χ4n) is 3.68. The highest BCUT2D eigenvalue weighted by Gasteiger charge is 2.25. The second kappa shape index (κ2) is 7.28.